The third kappa shape index (κ3) is 3.90. The zero-order valence-corrected chi connectivity index (χ0v) is 16.1. The molecule has 0 spiro atoms. The van der Waals surface area contributed by atoms with Crippen LogP contribution in [0.4, 0.5) is 10.5 Å². The number of rotatable bonds is 6. The molecular weight excluding hydrogens is 360 g/mol. The normalized spacial score (nSPS) is 15.9. The van der Waals surface area contributed by atoms with Crippen LogP contribution >= 0.6 is 0 Å². The summed E-state index contributed by atoms with van der Waals surface area (Å²) in [5.74, 6) is 0.650. The minimum atomic E-state index is -0.515. The summed E-state index contributed by atoms with van der Waals surface area (Å²) >= 11 is 0. The molecule has 1 heterocycles. The summed E-state index contributed by atoms with van der Waals surface area (Å²) in [6.45, 7) is -0.0313. The monoisotopic (exact) mass is 386 g/mol. The van der Waals surface area contributed by atoms with E-state index in [2.05, 4.69) is 5.32 Å². The van der Waals surface area contributed by atoms with E-state index in [4.69, 9.17) is 9.47 Å². The molecule has 0 radical (unpaired) electrons. The zero-order chi connectivity index (χ0) is 20.1. The Morgan fingerprint density at radius 3 is 2.39 bits per heavy atom. The number of urea groups is 1. The first kappa shape index (κ1) is 20.0. The predicted octanol–water partition coefficient (Wildman–Crippen LogP) is 2.44. The van der Waals surface area contributed by atoms with E-state index in [0.717, 1.165) is 11.1 Å². The van der Waals surface area contributed by atoms with Gasteiger partial charge in [0.1, 0.15) is 0 Å². The van der Waals surface area contributed by atoms with Crippen LogP contribution in [0, 0.1) is 5.92 Å². The Morgan fingerprint density at radius 2 is 1.79 bits per heavy atom. The van der Waals surface area contributed by atoms with Gasteiger partial charge in [-0.3, -0.25) is 0 Å². The number of nitrogens with one attached hydrogen (secondary N) is 1. The van der Waals surface area contributed by atoms with Gasteiger partial charge in [-0.2, -0.15) is 0 Å². The van der Waals surface area contributed by atoms with Crippen molar-refractivity contribution in [2.24, 2.45) is 5.92 Å². The van der Waals surface area contributed by atoms with Crippen molar-refractivity contribution >= 4 is 11.7 Å². The standard InChI is InChI=1S/C21H26N2O5/c1-27-18-10-14-8-9-23(21(26)22-16-6-4-3-5-7-16)20(15(12-24)13-25)17(14)11-19(18)28-2/h3-7,10-11,15,20,24-25H,8-9,12-13H2,1-2H3,(H,22,26). The molecule has 3 rings (SSSR count). The number of anilines is 1. The van der Waals surface area contributed by atoms with Crippen LogP contribution in [-0.4, -0.2) is 55.1 Å². The smallest absolute Gasteiger partial charge is 0.322 e. The number of benzene rings is 2. The van der Waals surface area contributed by atoms with E-state index in [1.165, 1.54) is 0 Å². The van der Waals surface area contributed by atoms with Crippen LogP contribution in [0.3, 0.4) is 0 Å². The third-order valence-corrected chi connectivity index (χ3v) is 5.12. The summed E-state index contributed by atoms with van der Waals surface area (Å²) in [6, 6.07) is 12.2. The van der Waals surface area contributed by atoms with Crippen LogP contribution in [0.2, 0.25) is 0 Å². The lowest BCUT2D eigenvalue weighted by atomic mass is 9.85. The molecule has 0 aromatic heterocycles. The summed E-state index contributed by atoms with van der Waals surface area (Å²) < 4.78 is 10.8. The fourth-order valence-electron chi connectivity index (χ4n) is 3.69. The largest absolute Gasteiger partial charge is 0.493 e. The van der Waals surface area contributed by atoms with Crippen LogP contribution in [-0.2, 0) is 6.42 Å². The van der Waals surface area contributed by atoms with Gasteiger partial charge in [-0.15, -0.1) is 0 Å². The Hall–Kier alpha value is -2.77. The molecule has 1 aliphatic rings. The number of aliphatic hydroxyl groups excluding tert-OH is 2. The van der Waals surface area contributed by atoms with Gasteiger partial charge in [-0.05, 0) is 41.8 Å². The average molecular weight is 386 g/mol. The first-order valence-electron chi connectivity index (χ1n) is 9.22. The molecular formula is C21H26N2O5. The minimum Gasteiger partial charge on any atom is -0.493 e. The predicted molar refractivity (Wildman–Crippen MR) is 106 cm³/mol. The second kappa shape index (κ2) is 8.95. The molecule has 2 aromatic carbocycles. The molecule has 2 amide bonds. The molecule has 7 heteroatoms. The van der Waals surface area contributed by atoms with Crippen LogP contribution in [0.25, 0.3) is 0 Å². The molecule has 28 heavy (non-hydrogen) atoms. The highest BCUT2D eigenvalue weighted by Gasteiger charge is 2.37. The second-order valence-electron chi connectivity index (χ2n) is 6.72. The highest BCUT2D eigenvalue weighted by atomic mass is 16.5. The van der Waals surface area contributed by atoms with Crippen molar-refractivity contribution < 1.29 is 24.5 Å². The minimum absolute atomic E-state index is 0.246. The van der Waals surface area contributed by atoms with Gasteiger partial charge in [0.2, 0.25) is 0 Å². The van der Waals surface area contributed by atoms with Crippen molar-refractivity contribution in [2.75, 3.05) is 39.3 Å². The lowest BCUT2D eigenvalue weighted by Gasteiger charge is -2.41. The Morgan fingerprint density at radius 1 is 1.14 bits per heavy atom. The molecule has 2 aromatic rings. The summed E-state index contributed by atoms with van der Waals surface area (Å²) in [4.78, 5) is 14.7. The number of nitrogens with zero attached hydrogens (tertiary/aromatic N) is 1. The molecule has 0 saturated heterocycles. The first-order chi connectivity index (χ1) is 13.6. The molecule has 1 aliphatic heterocycles. The van der Waals surface area contributed by atoms with Crippen molar-refractivity contribution in [2.45, 2.75) is 12.5 Å². The van der Waals surface area contributed by atoms with Gasteiger partial charge in [0.05, 0.1) is 33.5 Å². The van der Waals surface area contributed by atoms with Gasteiger partial charge >= 0.3 is 6.03 Å². The van der Waals surface area contributed by atoms with E-state index in [1.807, 2.05) is 42.5 Å². The molecule has 150 valence electrons. The van der Waals surface area contributed by atoms with Gasteiger partial charge in [0.25, 0.3) is 0 Å². The topological polar surface area (TPSA) is 91.3 Å². The zero-order valence-electron chi connectivity index (χ0n) is 16.1. The molecule has 0 bridgehead atoms. The van der Waals surface area contributed by atoms with Gasteiger partial charge in [-0.25, -0.2) is 4.79 Å². The Bertz CT molecular complexity index is 808. The number of methoxy groups -OCH3 is 2. The maximum Gasteiger partial charge on any atom is 0.322 e. The van der Waals surface area contributed by atoms with E-state index >= 15 is 0 Å². The number of hydrogen-bond acceptors (Lipinski definition) is 5. The van der Waals surface area contributed by atoms with E-state index in [0.29, 0.717) is 30.2 Å². The summed E-state index contributed by atoms with van der Waals surface area (Å²) in [7, 11) is 3.13. The Labute approximate surface area is 164 Å². The number of para-hydroxylation sites is 1. The van der Waals surface area contributed by atoms with E-state index in [-0.39, 0.29) is 19.2 Å². The van der Waals surface area contributed by atoms with E-state index in [1.54, 1.807) is 19.1 Å². The van der Waals surface area contributed by atoms with Crippen LogP contribution < -0.4 is 14.8 Å². The number of fused-ring (bicyclic) bond motifs is 1. The summed E-state index contributed by atoms with van der Waals surface area (Å²) in [5.41, 5.74) is 2.55. The number of carbonyl (C=O) groups excluding carboxylic acids is 1. The fourth-order valence-corrected chi connectivity index (χ4v) is 3.69. The molecule has 0 aliphatic carbocycles. The Kier molecular flexibility index (Phi) is 6.38. The molecule has 3 N–H and O–H groups in total. The fraction of sp³-hybridized carbons (Fsp3) is 0.381. The van der Waals surface area contributed by atoms with Gasteiger partial charge in [0.15, 0.2) is 11.5 Å². The number of carbonyl (C=O) groups is 1. The Balaban J connectivity index is 1.99. The highest BCUT2D eigenvalue weighted by Crippen LogP contribution is 2.41. The average Bonchev–Trinajstić information content (AvgIpc) is 2.74. The van der Waals surface area contributed by atoms with E-state index < -0.39 is 12.0 Å². The van der Waals surface area contributed by atoms with Crippen LogP contribution in [0.15, 0.2) is 42.5 Å². The van der Waals surface area contributed by atoms with Crippen molar-refractivity contribution in [3.05, 3.63) is 53.6 Å². The van der Waals surface area contributed by atoms with Crippen molar-refractivity contribution in [1.82, 2.24) is 4.90 Å². The molecule has 7 nitrogen and oxygen atoms in total. The quantitative estimate of drug-likeness (QED) is 0.709. The lowest BCUT2D eigenvalue weighted by molar-refractivity contribution is 0.0704. The highest BCUT2D eigenvalue weighted by molar-refractivity contribution is 5.89. The molecule has 0 saturated carbocycles. The maximum absolute atomic E-state index is 13.0. The first-order valence-corrected chi connectivity index (χ1v) is 9.22. The number of hydrogen-bond donors (Lipinski definition) is 3. The second-order valence-corrected chi connectivity index (χ2v) is 6.72. The molecule has 1 unspecified atom stereocenters. The summed E-state index contributed by atoms with van der Waals surface area (Å²) in [5, 5.41) is 22.6. The number of aliphatic hydroxyl groups is 2. The van der Waals surface area contributed by atoms with Crippen molar-refractivity contribution in [3.8, 4) is 11.5 Å². The van der Waals surface area contributed by atoms with Crippen molar-refractivity contribution in [1.29, 1.82) is 0 Å². The number of amides is 2. The molecule has 0 fully saturated rings. The third-order valence-electron chi connectivity index (χ3n) is 5.12. The molecule has 1 atom stereocenters. The SMILES string of the molecule is COc1cc2c(cc1OC)C(C(CO)CO)N(C(=O)Nc1ccccc1)CC2. The van der Waals surface area contributed by atoms with Crippen LogP contribution in [0.1, 0.15) is 17.2 Å². The van der Waals surface area contributed by atoms with Crippen molar-refractivity contribution in [3.63, 3.8) is 0 Å². The number of ether oxygens (including phenoxy) is 2. The van der Waals surface area contributed by atoms with Crippen LogP contribution in [0.5, 0.6) is 11.5 Å². The van der Waals surface area contributed by atoms with Gasteiger partial charge in [-0.1, -0.05) is 18.2 Å². The van der Waals surface area contributed by atoms with Gasteiger partial charge in [0, 0.05) is 18.2 Å². The van der Waals surface area contributed by atoms with Gasteiger partial charge < -0.3 is 29.9 Å². The maximum atomic E-state index is 13.0. The lowest BCUT2D eigenvalue weighted by Crippen LogP contribution is -2.46. The summed E-state index contributed by atoms with van der Waals surface area (Å²) in [6.07, 6.45) is 0.637. The van der Waals surface area contributed by atoms with E-state index in [9.17, 15) is 15.0 Å².